The zero-order valence-corrected chi connectivity index (χ0v) is 10.7. The second kappa shape index (κ2) is 4.67. The Balaban J connectivity index is 1.94. The molecular formula is C15H12N4O. The number of nitrogens with one attached hydrogen (secondary N) is 1. The van der Waals surface area contributed by atoms with Crippen LogP contribution in [0.1, 0.15) is 32.6 Å². The maximum Gasteiger partial charge on any atom is 0.251 e. The number of anilines is 1. The molecule has 20 heavy (non-hydrogen) atoms. The van der Waals surface area contributed by atoms with E-state index in [4.69, 9.17) is 11.0 Å². The van der Waals surface area contributed by atoms with E-state index in [0.717, 1.165) is 16.7 Å². The minimum absolute atomic E-state index is 0.0428. The summed E-state index contributed by atoms with van der Waals surface area (Å²) in [5, 5.41) is 11.7. The lowest BCUT2D eigenvalue weighted by Gasteiger charge is -2.06. The molecule has 0 aliphatic carbocycles. The largest absolute Gasteiger partial charge is 0.383 e. The van der Waals surface area contributed by atoms with Gasteiger partial charge in [-0.15, -0.1) is 0 Å². The second-order valence-corrected chi connectivity index (χ2v) is 4.73. The van der Waals surface area contributed by atoms with E-state index in [1.807, 2.05) is 24.3 Å². The molecule has 0 saturated carbocycles. The number of carbonyl (C=O) groups excluding carboxylic acids is 1. The van der Waals surface area contributed by atoms with E-state index in [1.165, 1.54) is 6.20 Å². The zero-order chi connectivity index (χ0) is 14.1. The Bertz CT molecular complexity index is 746. The summed E-state index contributed by atoms with van der Waals surface area (Å²) in [5.74, 6) is 0.368. The van der Waals surface area contributed by atoms with Crippen molar-refractivity contribution in [1.82, 2.24) is 10.3 Å². The third kappa shape index (κ3) is 2.08. The van der Waals surface area contributed by atoms with Gasteiger partial charge in [-0.25, -0.2) is 4.98 Å². The first kappa shape index (κ1) is 12.2. The van der Waals surface area contributed by atoms with Crippen LogP contribution in [0.2, 0.25) is 0 Å². The van der Waals surface area contributed by atoms with Crippen LogP contribution in [0.5, 0.6) is 0 Å². The molecule has 5 nitrogen and oxygen atoms in total. The summed E-state index contributed by atoms with van der Waals surface area (Å²) in [7, 11) is 0. The number of aromatic nitrogens is 1. The van der Waals surface area contributed by atoms with E-state index >= 15 is 0 Å². The lowest BCUT2D eigenvalue weighted by atomic mass is 10.00. The average Bonchev–Trinajstić information content (AvgIpc) is 2.83. The summed E-state index contributed by atoms with van der Waals surface area (Å²) in [6.45, 7) is 0.585. The monoisotopic (exact) mass is 264 g/mol. The Morgan fingerprint density at radius 3 is 3.05 bits per heavy atom. The van der Waals surface area contributed by atoms with Crippen LogP contribution >= 0.6 is 0 Å². The summed E-state index contributed by atoms with van der Waals surface area (Å²) in [4.78, 5) is 15.7. The molecule has 0 spiro atoms. The Labute approximate surface area is 116 Å². The van der Waals surface area contributed by atoms with Crippen molar-refractivity contribution in [2.75, 3.05) is 5.73 Å². The highest BCUT2D eigenvalue weighted by atomic mass is 16.1. The predicted molar refractivity (Wildman–Crippen MR) is 73.8 cm³/mol. The van der Waals surface area contributed by atoms with Gasteiger partial charge < -0.3 is 11.1 Å². The third-order valence-electron chi connectivity index (χ3n) is 3.38. The Morgan fingerprint density at radius 1 is 1.40 bits per heavy atom. The number of fused-ring (bicyclic) bond motifs is 1. The van der Waals surface area contributed by atoms with Crippen molar-refractivity contribution in [1.29, 1.82) is 5.26 Å². The molecule has 1 aromatic carbocycles. The molecule has 0 atom stereocenters. The SMILES string of the molecule is N#Cc1cnc(N)c(Cc2ccc3c(c2)C(=O)NC3)c1. The molecule has 0 bridgehead atoms. The Morgan fingerprint density at radius 2 is 2.25 bits per heavy atom. The zero-order valence-electron chi connectivity index (χ0n) is 10.7. The van der Waals surface area contributed by atoms with Crippen LogP contribution in [0, 0.1) is 11.3 Å². The van der Waals surface area contributed by atoms with Crippen molar-refractivity contribution >= 4 is 11.7 Å². The van der Waals surface area contributed by atoms with E-state index in [0.29, 0.717) is 29.9 Å². The van der Waals surface area contributed by atoms with E-state index in [-0.39, 0.29) is 5.91 Å². The number of rotatable bonds is 2. The lowest BCUT2D eigenvalue weighted by Crippen LogP contribution is -2.12. The molecule has 0 radical (unpaired) electrons. The molecule has 2 heterocycles. The van der Waals surface area contributed by atoms with Crippen LogP contribution < -0.4 is 11.1 Å². The highest BCUT2D eigenvalue weighted by molar-refractivity contribution is 5.98. The summed E-state index contributed by atoms with van der Waals surface area (Å²) in [6, 6.07) is 9.56. The topological polar surface area (TPSA) is 91.8 Å². The summed E-state index contributed by atoms with van der Waals surface area (Å²) in [6.07, 6.45) is 2.00. The van der Waals surface area contributed by atoms with Gasteiger partial charge >= 0.3 is 0 Å². The van der Waals surface area contributed by atoms with Gasteiger partial charge in [0, 0.05) is 24.7 Å². The quantitative estimate of drug-likeness (QED) is 0.856. The van der Waals surface area contributed by atoms with Crippen LogP contribution in [-0.4, -0.2) is 10.9 Å². The van der Waals surface area contributed by atoms with Crippen LogP contribution in [0.15, 0.2) is 30.5 Å². The number of nitrogens with zero attached hydrogens (tertiary/aromatic N) is 2. The maximum absolute atomic E-state index is 11.6. The fraction of sp³-hybridized carbons (Fsp3) is 0.133. The van der Waals surface area contributed by atoms with Gasteiger partial charge in [0.05, 0.1) is 5.56 Å². The van der Waals surface area contributed by atoms with Crippen molar-refractivity contribution in [3.63, 3.8) is 0 Å². The number of hydrogen-bond acceptors (Lipinski definition) is 4. The molecule has 2 aromatic rings. The fourth-order valence-corrected chi connectivity index (χ4v) is 2.31. The molecule has 98 valence electrons. The number of amides is 1. The third-order valence-corrected chi connectivity index (χ3v) is 3.38. The van der Waals surface area contributed by atoms with Crippen molar-refractivity contribution in [3.05, 3.63) is 58.3 Å². The molecular weight excluding hydrogens is 252 g/mol. The molecule has 5 heteroatoms. The molecule has 0 fully saturated rings. The van der Waals surface area contributed by atoms with Gasteiger partial charge in [-0.2, -0.15) is 5.26 Å². The van der Waals surface area contributed by atoms with E-state index in [1.54, 1.807) is 6.07 Å². The van der Waals surface area contributed by atoms with Crippen molar-refractivity contribution < 1.29 is 4.79 Å². The summed E-state index contributed by atoms with van der Waals surface area (Å²) < 4.78 is 0. The molecule has 1 aromatic heterocycles. The predicted octanol–water partition coefficient (Wildman–Crippen LogP) is 1.37. The first-order valence-electron chi connectivity index (χ1n) is 6.22. The minimum atomic E-state index is -0.0428. The van der Waals surface area contributed by atoms with Gasteiger partial charge in [0.1, 0.15) is 11.9 Å². The van der Waals surface area contributed by atoms with Crippen LogP contribution in [0.4, 0.5) is 5.82 Å². The van der Waals surface area contributed by atoms with Gasteiger partial charge in [-0.3, -0.25) is 4.79 Å². The number of nitriles is 1. The van der Waals surface area contributed by atoms with E-state index in [9.17, 15) is 4.79 Å². The van der Waals surface area contributed by atoms with Crippen LogP contribution in [0.25, 0.3) is 0 Å². The van der Waals surface area contributed by atoms with Gasteiger partial charge in [-0.1, -0.05) is 12.1 Å². The van der Waals surface area contributed by atoms with Crippen molar-refractivity contribution in [2.45, 2.75) is 13.0 Å². The summed E-state index contributed by atoms with van der Waals surface area (Å²) >= 11 is 0. The van der Waals surface area contributed by atoms with E-state index in [2.05, 4.69) is 10.3 Å². The maximum atomic E-state index is 11.6. The second-order valence-electron chi connectivity index (χ2n) is 4.73. The first-order chi connectivity index (χ1) is 9.67. The van der Waals surface area contributed by atoms with Gasteiger partial charge in [0.15, 0.2) is 0 Å². The molecule has 0 unspecified atom stereocenters. The molecule has 3 rings (SSSR count). The highest BCUT2D eigenvalue weighted by Crippen LogP contribution is 2.21. The van der Waals surface area contributed by atoms with Crippen molar-refractivity contribution in [3.8, 4) is 6.07 Å². The van der Waals surface area contributed by atoms with Crippen molar-refractivity contribution in [2.24, 2.45) is 0 Å². The smallest absolute Gasteiger partial charge is 0.251 e. The van der Waals surface area contributed by atoms with Gasteiger partial charge in [0.25, 0.3) is 5.91 Å². The number of carbonyl (C=O) groups is 1. The standard InChI is InChI=1S/C15H12N4O/c16-6-10-4-12(14(17)18-7-10)3-9-1-2-11-8-19-15(20)13(11)5-9/h1-2,4-5,7H,3,8H2,(H2,17,18)(H,19,20). The number of nitrogen functional groups attached to an aromatic ring is 1. The fourth-order valence-electron chi connectivity index (χ4n) is 2.31. The normalized spacial score (nSPS) is 12.7. The molecule has 0 saturated heterocycles. The number of nitrogens with two attached hydrogens (primary N) is 1. The number of benzene rings is 1. The lowest BCUT2D eigenvalue weighted by molar-refractivity contribution is 0.0965. The van der Waals surface area contributed by atoms with Crippen LogP contribution in [-0.2, 0) is 13.0 Å². The molecule has 1 aliphatic heterocycles. The molecule has 3 N–H and O–H groups in total. The summed E-state index contributed by atoms with van der Waals surface area (Å²) in [5.41, 5.74) is 9.81. The number of hydrogen-bond donors (Lipinski definition) is 2. The number of pyridine rings is 1. The first-order valence-corrected chi connectivity index (χ1v) is 6.22. The molecule has 1 amide bonds. The average molecular weight is 264 g/mol. The van der Waals surface area contributed by atoms with Gasteiger partial charge in [0.2, 0.25) is 0 Å². The minimum Gasteiger partial charge on any atom is -0.383 e. The van der Waals surface area contributed by atoms with Crippen LogP contribution in [0.3, 0.4) is 0 Å². The Kier molecular flexibility index (Phi) is 2.84. The highest BCUT2D eigenvalue weighted by Gasteiger charge is 2.18. The van der Waals surface area contributed by atoms with Gasteiger partial charge in [-0.05, 0) is 28.8 Å². The van der Waals surface area contributed by atoms with E-state index < -0.39 is 0 Å². The Hall–Kier alpha value is -2.87. The molecule has 1 aliphatic rings.